The van der Waals surface area contributed by atoms with Crippen LogP contribution >= 0.6 is 15.9 Å². The van der Waals surface area contributed by atoms with Gasteiger partial charge in [0.15, 0.2) is 0 Å². The number of benzene rings is 2. The maximum absolute atomic E-state index is 9.04. The Bertz CT molecular complexity index is 521. The van der Waals surface area contributed by atoms with Crippen LogP contribution in [0.5, 0.6) is 11.5 Å². The Balaban J connectivity index is 2.17. The van der Waals surface area contributed by atoms with Crippen molar-refractivity contribution in [3.63, 3.8) is 0 Å². The first-order valence-electron chi connectivity index (χ1n) is 5.89. The Hall–Kier alpha value is -1.32. The molecule has 0 heterocycles. The molecule has 0 aliphatic carbocycles. The molecule has 0 aliphatic rings. The Morgan fingerprint density at radius 1 is 1.06 bits per heavy atom. The van der Waals surface area contributed by atoms with Gasteiger partial charge in [-0.2, -0.15) is 0 Å². The lowest BCUT2D eigenvalue weighted by Crippen LogP contribution is -1.89. The molecule has 0 saturated carbocycles. The second kappa shape index (κ2) is 6.03. The summed E-state index contributed by atoms with van der Waals surface area (Å²) in [6, 6.07) is 13.6. The van der Waals surface area contributed by atoms with Crippen LogP contribution in [-0.4, -0.2) is 5.11 Å². The second-order valence-electron chi connectivity index (χ2n) is 4.02. The third-order valence-corrected chi connectivity index (χ3v) is 3.36. The summed E-state index contributed by atoms with van der Waals surface area (Å²) in [6.45, 7) is 2.16. The van der Waals surface area contributed by atoms with Crippen molar-refractivity contribution in [1.82, 2.24) is 0 Å². The van der Waals surface area contributed by atoms with Gasteiger partial charge in [0.05, 0.1) is 11.1 Å². The zero-order valence-electron chi connectivity index (χ0n) is 10.2. The van der Waals surface area contributed by atoms with Crippen LogP contribution in [0.2, 0.25) is 0 Å². The molecule has 18 heavy (non-hydrogen) atoms. The smallest absolute Gasteiger partial charge is 0.141 e. The van der Waals surface area contributed by atoms with E-state index in [1.165, 1.54) is 5.56 Å². The molecule has 1 N–H and O–H groups in total. The monoisotopic (exact) mass is 306 g/mol. The van der Waals surface area contributed by atoms with Crippen LogP contribution in [0.15, 0.2) is 46.9 Å². The molecule has 2 aromatic rings. The molecule has 2 rings (SSSR count). The van der Waals surface area contributed by atoms with Crippen molar-refractivity contribution < 1.29 is 9.84 Å². The van der Waals surface area contributed by atoms with E-state index < -0.39 is 0 Å². The van der Waals surface area contributed by atoms with E-state index in [0.717, 1.165) is 28.0 Å². The molecule has 0 radical (unpaired) electrons. The fourth-order valence-electron chi connectivity index (χ4n) is 1.65. The number of aliphatic hydroxyl groups excluding tert-OH is 1. The van der Waals surface area contributed by atoms with Crippen molar-refractivity contribution in [2.45, 2.75) is 20.0 Å². The average Bonchev–Trinajstić information content (AvgIpc) is 2.42. The average molecular weight is 307 g/mol. The van der Waals surface area contributed by atoms with E-state index in [2.05, 4.69) is 35.0 Å². The van der Waals surface area contributed by atoms with E-state index in [0.29, 0.717) is 0 Å². The topological polar surface area (TPSA) is 29.5 Å². The van der Waals surface area contributed by atoms with Gasteiger partial charge in [0.2, 0.25) is 0 Å². The van der Waals surface area contributed by atoms with Crippen LogP contribution < -0.4 is 4.74 Å². The van der Waals surface area contributed by atoms with E-state index in [1.807, 2.05) is 30.3 Å². The number of ether oxygens (including phenoxy) is 1. The number of aryl methyl sites for hydroxylation is 1. The molecule has 0 unspecified atom stereocenters. The lowest BCUT2D eigenvalue weighted by Gasteiger charge is -2.09. The number of rotatable bonds is 4. The number of hydrogen-bond acceptors (Lipinski definition) is 2. The molecular formula is C15H15BrO2. The van der Waals surface area contributed by atoms with Crippen molar-refractivity contribution >= 4 is 15.9 Å². The van der Waals surface area contributed by atoms with Gasteiger partial charge in [-0.1, -0.05) is 25.1 Å². The van der Waals surface area contributed by atoms with Gasteiger partial charge in [0.1, 0.15) is 11.5 Å². The van der Waals surface area contributed by atoms with E-state index in [-0.39, 0.29) is 6.61 Å². The van der Waals surface area contributed by atoms with Gasteiger partial charge in [-0.3, -0.25) is 0 Å². The van der Waals surface area contributed by atoms with Crippen molar-refractivity contribution in [3.8, 4) is 11.5 Å². The van der Waals surface area contributed by atoms with Crippen LogP contribution in [0.3, 0.4) is 0 Å². The minimum atomic E-state index is 0.0318. The molecule has 0 aromatic heterocycles. The Morgan fingerprint density at radius 3 is 2.28 bits per heavy atom. The Morgan fingerprint density at radius 2 is 1.72 bits per heavy atom. The first kappa shape index (κ1) is 13.1. The van der Waals surface area contributed by atoms with Crippen molar-refractivity contribution in [3.05, 3.63) is 58.1 Å². The molecule has 0 aliphatic heterocycles. The summed E-state index contributed by atoms with van der Waals surface area (Å²) in [4.78, 5) is 0. The third-order valence-electron chi connectivity index (χ3n) is 2.74. The highest BCUT2D eigenvalue weighted by Gasteiger charge is 2.04. The van der Waals surface area contributed by atoms with E-state index in [9.17, 15) is 0 Å². The lowest BCUT2D eigenvalue weighted by atomic mass is 10.2. The molecule has 94 valence electrons. The molecule has 0 bridgehead atoms. The predicted octanol–water partition coefficient (Wildman–Crippen LogP) is 4.30. The summed E-state index contributed by atoms with van der Waals surface area (Å²) in [5.74, 6) is 1.56. The number of halogens is 1. The Kier molecular flexibility index (Phi) is 4.39. The minimum absolute atomic E-state index is 0.0318. The molecule has 3 heteroatoms. The highest BCUT2D eigenvalue weighted by molar-refractivity contribution is 9.10. The molecular weight excluding hydrogens is 292 g/mol. The van der Waals surface area contributed by atoms with Crippen molar-refractivity contribution in [2.75, 3.05) is 0 Å². The van der Waals surface area contributed by atoms with Gasteiger partial charge in [0, 0.05) is 0 Å². The largest absolute Gasteiger partial charge is 0.456 e. The zero-order chi connectivity index (χ0) is 13.0. The van der Waals surface area contributed by atoms with E-state index >= 15 is 0 Å². The van der Waals surface area contributed by atoms with E-state index in [4.69, 9.17) is 9.84 Å². The van der Waals surface area contributed by atoms with Crippen LogP contribution in [0, 0.1) is 0 Å². The second-order valence-corrected chi connectivity index (χ2v) is 4.88. The predicted molar refractivity (Wildman–Crippen MR) is 76.0 cm³/mol. The summed E-state index contributed by atoms with van der Waals surface area (Å²) < 4.78 is 6.62. The van der Waals surface area contributed by atoms with Crippen LogP contribution in [-0.2, 0) is 13.0 Å². The molecule has 2 nitrogen and oxygen atoms in total. The number of hydrogen-bond donors (Lipinski definition) is 1. The van der Waals surface area contributed by atoms with Gasteiger partial charge in [-0.15, -0.1) is 0 Å². The normalized spacial score (nSPS) is 10.4. The standard InChI is InChI=1S/C15H15BrO2/c1-2-11-3-6-13(7-4-11)18-15-8-5-12(10-17)9-14(15)16/h3-9,17H,2,10H2,1H3. The van der Waals surface area contributed by atoms with Gasteiger partial charge in [-0.05, 0) is 57.7 Å². The highest BCUT2D eigenvalue weighted by Crippen LogP contribution is 2.30. The summed E-state index contributed by atoms with van der Waals surface area (Å²) in [7, 11) is 0. The van der Waals surface area contributed by atoms with Crippen LogP contribution in [0.25, 0.3) is 0 Å². The highest BCUT2D eigenvalue weighted by atomic mass is 79.9. The summed E-state index contributed by atoms with van der Waals surface area (Å²) in [5, 5.41) is 9.04. The summed E-state index contributed by atoms with van der Waals surface area (Å²) in [6.07, 6.45) is 1.02. The molecule has 2 aromatic carbocycles. The van der Waals surface area contributed by atoms with Crippen LogP contribution in [0.4, 0.5) is 0 Å². The Labute approximate surface area is 115 Å². The van der Waals surface area contributed by atoms with Gasteiger partial charge in [0.25, 0.3) is 0 Å². The first-order chi connectivity index (χ1) is 8.72. The molecule has 0 fully saturated rings. The maximum atomic E-state index is 9.04. The lowest BCUT2D eigenvalue weighted by molar-refractivity contribution is 0.281. The molecule has 0 saturated heterocycles. The summed E-state index contributed by atoms with van der Waals surface area (Å²) in [5.41, 5.74) is 2.15. The fourth-order valence-corrected chi connectivity index (χ4v) is 2.15. The molecule has 0 amide bonds. The van der Waals surface area contributed by atoms with Crippen LogP contribution in [0.1, 0.15) is 18.1 Å². The number of aliphatic hydroxyl groups is 1. The molecule has 0 spiro atoms. The SMILES string of the molecule is CCc1ccc(Oc2ccc(CO)cc2Br)cc1. The third kappa shape index (κ3) is 3.12. The molecule has 0 atom stereocenters. The zero-order valence-corrected chi connectivity index (χ0v) is 11.8. The first-order valence-corrected chi connectivity index (χ1v) is 6.68. The van der Waals surface area contributed by atoms with Gasteiger partial charge < -0.3 is 9.84 Å². The minimum Gasteiger partial charge on any atom is -0.456 e. The van der Waals surface area contributed by atoms with Crippen molar-refractivity contribution in [2.24, 2.45) is 0 Å². The maximum Gasteiger partial charge on any atom is 0.141 e. The summed E-state index contributed by atoms with van der Waals surface area (Å²) >= 11 is 3.44. The van der Waals surface area contributed by atoms with E-state index in [1.54, 1.807) is 0 Å². The van der Waals surface area contributed by atoms with Gasteiger partial charge in [-0.25, -0.2) is 0 Å². The van der Waals surface area contributed by atoms with Gasteiger partial charge >= 0.3 is 0 Å². The van der Waals surface area contributed by atoms with Crippen molar-refractivity contribution in [1.29, 1.82) is 0 Å². The fraction of sp³-hybridized carbons (Fsp3) is 0.200. The quantitative estimate of drug-likeness (QED) is 0.912.